The Morgan fingerprint density at radius 3 is 2.61 bits per heavy atom. The van der Waals surface area contributed by atoms with E-state index in [2.05, 4.69) is 15.3 Å². The fraction of sp³-hybridized carbons (Fsp3) is 0.636. The van der Waals surface area contributed by atoms with Gasteiger partial charge in [0.15, 0.2) is 5.69 Å². The molecule has 0 spiro atoms. The summed E-state index contributed by atoms with van der Waals surface area (Å²) in [5, 5.41) is 3.03. The molecule has 100 valence electrons. The van der Waals surface area contributed by atoms with Crippen molar-refractivity contribution in [3.8, 4) is 0 Å². The molecular formula is C11H15F3N4. The molecule has 1 aliphatic heterocycles. The van der Waals surface area contributed by atoms with Crippen LogP contribution in [0.4, 0.5) is 13.2 Å². The molecule has 2 heterocycles. The molecular weight excluding hydrogens is 245 g/mol. The van der Waals surface area contributed by atoms with Crippen LogP contribution in [0.5, 0.6) is 0 Å². The molecule has 0 unspecified atom stereocenters. The lowest BCUT2D eigenvalue weighted by atomic mass is 10.0. The molecule has 0 aromatic carbocycles. The van der Waals surface area contributed by atoms with Crippen molar-refractivity contribution >= 4 is 0 Å². The molecule has 0 aliphatic carbocycles. The third-order valence-electron chi connectivity index (χ3n) is 2.71. The van der Waals surface area contributed by atoms with Crippen molar-refractivity contribution in [3.63, 3.8) is 0 Å². The number of alkyl halides is 3. The van der Waals surface area contributed by atoms with E-state index in [-0.39, 0.29) is 11.4 Å². The molecule has 2 rings (SSSR count). The summed E-state index contributed by atoms with van der Waals surface area (Å²) in [6.45, 7) is 1.21. The van der Waals surface area contributed by atoms with Crippen LogP contribution in [0.3, 0.4) is 0 Å². The number of nitrogens with zero attached hydrogens (tertiary/aromatic N) is 3. The Hall–Kier alpha value is -1.21. The molecule has 4 nitrogen and oxygen atoms in total. The Balaban J connectivity index is 2.48. The number of rotatable bonds is 2. The van der Waals surface area contributed by atoms with Crippen LogP contribution in [0, 0.1) is 0 Å². The number of nitrogens with one attached hydrogen (secondary N) is 1. The molecule has 0 fully saturated rings. The Morgan fingerprint density at radius 2 is 2.00 bits per heavy atom. The van der Waals surface area contributed by atoms with Crippen molar-refractivity contribution in [2.75, 3.05) is 20.6 Å². The highest BCUT2D eigenvalue weighted by molar-refractivity contribution is 5.30. The van der Waals surface area contributed by atoms with Gasteiger partial charge >= 0.3 is 6.18 Å². The first-order valence-electron chi connectivity index (χ1n) is 5.69. The highest BCUT2D eigenvalue weighted by atomic mass is 19.4. The zero-order valence-corrected chi connectivity index (χ0v) is 10.3. The van der Waals surface area contributed by atoms with E-state index in [1.807, 2.05) is 0 Å². The van der Waals surface area contributed by atoms with E-state index in [1.54, 1.807) is 19.0 Å². The average Bonchev–Trinajstić information content (AvgIpc) is 2.25. The van der Waals surface area contributed by atoms with Crippen LogP contribution >= 0.6 is 0 Å². The maximum Gasteiger partial charge on any atom is 0.433 e. The van der Waals surface area contributed by atoms with Crippen molar-refractivity contribution < 1.29 is 13.2 Å². The second-order valence-electron chi connectivity index (χ2n) is 4.58. The van der Waals surface area contributed by atoms with Crippen molar-refractivity contribution in [1.82, 2.24) is 20.2 Å². The van der Waals surface area contributed by atoms with Gasteiger partial charge in [-0.1, -0.05) is 0 Å². The number of hydrogen-bond donors (Lipinski definition) is 1. The quantitative estimate of drug-likeness (QED) is 0.867. The average molecular weight is 260 g/mol. The predicted molar refractivity (Wildman–Crippen MR) is 59.8 cm³/mol. The summed E-state index contributed by atoms with van der Waals surface area (Å²) in [5.74, 6) is 0.217. The van der Waals surface area contributed by atoms with Crippen LogP contribution in [0.15, 0.2) is 0 Å². The van der Waals surface area contributed by atoms with E-state index in [0.29, 0.717) is 31.7 Å². The number of halogens is 3. The molecule has 1 N–H and O–H groups in total. The van der Waals surface area contributed by atoms with Gasteiger partial charge in [0, 0.05) is 12.1 Å². The van der Waals surface area contributed by atoms with Crippen LogP contribution in [-0.4, -0.2) is 35.5 Å². The van der Waals surface area contributed by atoms with Gasteiger partial charge in [-0.3, -0.25) is 0 Å². The SMILES string of the molecule is CN(C)Cc1nc2c(c(C(F)(F)F)n1)CCNC2. The standard InChI is InChI=1S/C11H15F3N4/c1-18(2)6-9-16-8-5-15-4-3-7(8)10(17-9)11(12,13)14/h15H,3-6H2,1-2H3. The van der Waals surface area contributed by atoms with Crippen LogP contribution in [0.25, 0.3) is 0 Å². The van der Waals surface area contributed by atoms with Crippen LogP contribution < -0.4 is 5.32 Å². The molecule has 0 bridgehead atoms. The lowest BCUT2D eigenvalue weighted by Gasteiger charge is -2.21. The molecule has 0 saturated heterocycles. The minimum atomic E-state index is -4.41. The number of hydrogen-bond acceptors (Lipinski definition) is 4. The van der Waals surface area contributed by atoms with E-state index in [1.165, 1.54) is 0 Å². The fourth-order valence-electron chi connectivity index (χ4n) is 2.00. The normalized spacial score (nSPS) is 15.9. The zero-order chi connectivity index (χ0) is 13.3. The molecule has 0 amide bonds. The van der Waals surface area contributed by atoms with Crippen LogP contribution in [-0.2, 0) is 25.7 Å². The highest BCUT2D eigenvalue weighted by Gasteiger charge is 2.37. The van der Waals surface area contributed by atoms with E-state index >= 15 is 0 Å². The molecule has 0 saturated carbocycles. The van der Waals surface area contributed by atoms with Gasteiger partial charge in [0.1, 0.15) is 5.82 Å². The fourth-order valence-corrected chi connectivity index (χ4v) is 2.00. The summed E-state index contributed by atoms with van der Waals surface area (Å²) < 4.78 is 38.9. The first-order chi connectivity index (χ1) is 8.38. The van der Waals surface area contributed by atoms with Gasteiger partial charge in [0.25, 0.3) is 0 Å². The van der Waals surface area contributed by atoms with Crippen molar-refractivity contribution in [2.24, 2.45) is 0 Å². The molecule has 7 heteroatoms. The van der Waals surface area contributed by atoms with E-state index < -0.39 is 11.9 Å². The monoisotopic (exact) mass is 260 g/mol. The third kappa shape index (κ3) is 2.78. The zero-order valence-electron chi connectivity index (χ0n) is 10.3. The third-order valence-corrected chi connectivity index (χ3v) is 2.71. The Labute approximate surface area is 103 Å². The maximum absolute atomic E-state index is 13.0. The Morgan fingerprint density at radius 1 is 1.28 bits per heavy atom. The van der Waals surface area contributed by atoms with Gasteiger partial charge in [-0.25, -0.2) is 9.97 Å². The maximum atomic E-state index is 13.0. The van der Waals surface area contributed by atoms with Gasteiger partial charge in [-0.2, -0.15) is 13.2 Å². The lowest BCUT2D eigenvalue weighted by molar-refractivity contribution is -0.142. The van der Waals surface area contributed by atoms with Gasteiger partial charge in [0.2, 0.25) is 0 Å². The molecule has 0 atom stereocenters. The Kier molecular flexibility index (Phi) is 3.54. The molecule has 0 radical (unpaired) electrons. The number of aromatic nitrogens is 2. The lowest BCUT2D eigenvalue weighted by Crippen LogP contribution is -2.30. The molecule has 1 aromatic rings. The largest absolute Gasteiger partial charge is 0.433 e. The summed E-state index contributed by atoms with van der Waals surface area (Å²) >= 11 is 0. The summed E-state index contributed by atoms with van der Waals surface area (Å²) in [6.07, 6.45) is -4.09. The van der Waals surface area contributed by atoms with Gasteiger partial charge in [-0.15, -0.1) is 0 Å². The van der Waals surface area contributed by atoms with Gasteiger partial charge < -0.3 is 10.2 Å². The minimum Gasteiger partial charge on any atom is -0.311 e. The predicted octanol–water partition coefficient (Wildman–Crippen LogP) is 1.20. The van der Waals surface area contributed by atoms with Crippen molar-refractivity contribution in [2.45, 2.75) is 25.7 Å². The molecule has 1 aromatic heterocycles. The smallest absolute Gasteiger partial charge is 0.311 e. The minimum absolute atomic E-state index is 0.217. The summed E-state index contributed by atoms with van der Waals surface area (Å²) in [5.41, 5.74) is -0.0602. The molecule has 18 heavy (non-hydrogen) atoms. The van der Waals surface area contributed by atoms with Crippen molar-refractivity contribution in [1.29, 1.82) is 0 Å². The summed E-state index contributed by atoms with van der Waals surface area (Å²) in [6, 6.07) is 0. The molecule has 1 aliphatic rings. The number of fused-ring (bicyclic) bond motifs is 1. The van der Waals surface area contributed by atoms with Crippen LogP contribution in [0.1, 0.15) is 22.8 Å². The first kappa shape index (κ1) is 13.2. The topological polar surface area (TPSA) is 41.1 Å². The highest BCUT2D eigenvalue weighted by Crippen LogP contribution is 2.32. The van der Waals surface area contributed by atoms with E-state index in [4.69, 9.17) is 0 Å². The Bertz CT molecular complexity index is 443. The van der Waals surface area contributed by atoms with E-state index in [9.17, 15) is 13.2 Å². The van der Waals surface area contributed by atoms with Gasteiger partial charge in [0.05, 0.1) is 12.2 Å². The second-order valence-corrected chi connectivity index (χ2v) is 4.58. The second kappa shape index (κ2) is 4.81. The van der Waals surface area contributed by atoms with Crippen LogP contribution in [0.2, 0.25) is 0 Å². The first-order valence-corrected chi connectivity index (χ1v) is 5.69. The van der Waals surface area contributed by atoms with Gasteiger partial charge in [-0.05, 0) is 27.1 Å². The summed E-state index contributed by atoms with van der Waals surface area (Å²) in [7, 11) is 3.54. The summed E-state index contributed by atoms with van der Waals surface area (Å²) in [4.78, 5) is 9.65. The van der Waals surface area contributed by atoms with Crippen molar-refractivity contribution in [3.05, 3.63) is 22.8 Å². The van der Waals surface area contributed by atoms with E-state index in [0.717, 1.165) is 0 Å².